The van der Waals surface area contributed by atoms with Gasteiger partial charge in [-0.1, -0.05) is 19.1 Å². The van der Waals surface area contributed by atoms with Gasteiger partial charge in [0.25, 0.3) is 0 Å². The average molecular weight is 244 g/mol. The zero-order valence-electron chi connectivity index (χ0n) is 10.3. The third-order valence-corrected chi connectivity index (χ3v) is 2.69. The van der Waals surface area contributed by atoms with Crippen LogP contribution >= 0.6 is 0 Å². The molecule has 2 rings (SSSR count). The molecule has 0 atom stereocenters. The minimum Gasteiger partial charge on any atom is -0.288 e. The molecule has 18 heavy (non-hydrogen) atoms. The number of benzene rings is 1. The molecular formula is C14H13FN2O. The van der Waals surface area contributed by atoms with Crippen molar-refractivity contribution in [2.75, 3.05) is 0 Å². The first-order valence-corrected chi connectivity index (χ1v) is 5.76. The van der Waals surface area contributed by atoms with E-state index in [0.717, 1.165) is 0 Å². The molecule has 0 saturated carbocycles. The summed E-state index contributed by atoms with van der Waals surface area (Å²) in [6, 6.07) is 7.61. The number of hydrogen-bond donors (Lipinski definition) is 0. The zero-order valence-corrected chi connectivity index (χ0v) is 10.3. The standard InChI is InChI=1S/C14H13FN2O/c1-3-13-11(8-9(2)16-17-13)14(18)10-6-4-5-7-12(10)15/h4-8H,3H2,1-2H3. The van der Waals surface area contributed by atoms with Crippen LogP contribution in [0.3, 0.4) is 0 Å². The Labute approximate surface area is 105 Å². The summed E-state index contributed by atoms with van der Waals surface area (Å²) in [7, 11) is 0. The van der Waals surface area contributed by atoms with Crippen molar-refractivity contribution in [3.8, 4) is 0 Å². The van der Waals surface area contributed by atoms with Crippen LogP contribution in [-0.2, 0) is 6.42 Å². The summed E-state index contributed by atoms with van der Waals surface area (Å²) in [5.41, 5.74) is 1.73. The lowest BCUT2D eigenvalue weighted by atomic mass is 10.0. The van der Waals surface area contributed by atoms with Crippen LogP contribution < -0.4 is 0 Å². The molecule has 0 radical (unpaired) electrons. The Balaban J connectivity index is 2.52. The number of nitrogens with zero attached hydrogens (tertiary/aromatic N) is 2. The van der Waals surface area contributed by atoms with E-state index in [4.69, 9.17) is 0 Å². The lowest BCUT2D eigenvalue weighted by molar-refractivity contribution is 0.103. The van der Waals surface area contributed by atoms with Gasteiger partial charge in [0, 0.05) is 5.56 Å². The lowest BCUT2D eigenvalue weighted by Gasteiger charge is -2.07. The van der Waals surface area contributed by atoms with Gasteiger partial charge < -0.3 is 0 Å². The SMILES string of the molecule is CCc1nnc(C)cc1C(=O)c1ccccc1F. The Morgan fingerprint density at radius 1 is 1.22 bits per heavy atom. The van der Waals surface area contributed by atoms with Gasteiger partial charge >= 0.3 is 0 Å². The van der Waals surface area contributed by atoms with E-state index in [0.29, 0.717) is 23.4 Å². The van der Waals surface area contributed by atoms with Crippen LogP contribution in [0.1, 0.15) is 34.2 Å². The predicted octanol–water partition coefficient (Wildman–Crippen LogP) is 2.72. The highest BCUT2D eigenvalue weighted by Crippen LogP contribution is 2.16. The Bertz CT molecular complexity index is 596. The van der Waals surface area contributed by atoms with Gasteiger partial charge in [0.2, 0.25) is 0 Å². The number of halogens is 1. The fourth-order valence-corrected chi connectivity index (χ4v) is 1.76. The highest BCUT2D eigenvalue weighted by Gasteiger charge is 2.17. The Hall–Kier alpha value is -2.10. The molecule has 1 aromatic heterocycles. The predicted molar refractivity (Wildman–Crippen MR) is 66.0 cm³/mol. The molecule has 0 unspecified atom stereocenters. The molecule has 4 heteroatoms. The smallest absolute Gasteiger partial charge is 0.197 e. The maximum absolute atomic E-state index is 13.6. The van der Waals surface area contributed by atoms with E-state index in [-0.39, 0.29) is 11.3 Å². The van der Waals surface area contributed by atoms with E-state index in [1.54, 1.807) is 25.1 Å². The highest BCUT2D eigenvalue weighted by atomic mass is 19.1. The minimum absolute atomic E-state index is 0.0691. The van der Waals surface area contributed by atoms with Crippen molar-refractivity contribution in [2.45, 2.75) is 20.3 Å². The topological polar surface area (TPSA) is 42.9 Å². The van der Waals surface area contributed by atoms with Gasteiger partial charge in [-0.3, -0.25) is 4.79 Å². The monoisotopic (exact) mass is 244 g/mol. The van der Waals surface area contributed by atoms with Crippen molar-refractivity contribution < 1.29 is 9.18 Å². The third kappa shape index (κ3) is 2.27. The molecule has 0 fully saturated rings. The normalized spacial score (nSPS) is 10.4. The van der Waals surface area contributed by atoms with Gasteiger partial charge in [-0.15, -0.1) is 0 Å². The first-order valence-electron chi connectivity index (χ1n) is 5.76. The first-order chi connectivity index (χ1) is 8.63. The van der Waals surface area contributed by atoms with Crippen LogP contribution in [0.25, 0.3) is 0 Å². The van der Waals surface area contributed by atoms with Crippen molar-refractivity contribution >= 4 is 5.78 Å². The molecule has 3 nitrogen and oxygen atoms in total. The molecule has 0 aliphatic heterocycles. The molecular weight excluding hydrogens is 231 g/mol. The molecule has 2 aromatic rings. The molecule has 0 aliphatic rings. The van der Waals surface area contributed by atoms with Gasteiger partial charge in [0.15, 0.2) is 5.78 Å². The quantitative estimate of drug-likeness (QED) is 0.780. The van der Waals surface area contributed by atoms with E-state index in [2.05, 4.69) is 10.2 Å². The van der Waals surface area contributed by atoms with Crippen LogP contribution in [0.2, 0.25) is 0 Å². The van der Waals surface area contributed by atoms with E-state index >= 15 is 0 Å². The van der Waals surface area contributed by atoms with Crippen molar-refractivity contribution in [1.82, 2.24) is 10.2 Å². The molecule has 0 amide bonds. The molecule has 0 N–H and O–H groups in total. The van der Waals surface area contributed by atoms with E-state index in [1.807, 2.05) is 6.92 Å². The molecule has 0 aliphatic carbocycles. The molecule has 0 spiro atoms. The van der Waals surface area contributed by atoms with Crippen molar-refractivity contribution in [3.05, 3.63) is 58.7 Å². The second kappa shape index (κ2) is 5.04. The summed E-state index contributed by atoms with van der Waals surface area (Å²) in [5, 5.41) is 7.89. The van der Waals surface area contributed by atoms with Crippen LogP contribution in [0.15, 0.2) is 30.3 Å². The number of aryl methyl sites for hydroxylation is 2. The largest absolute Gasteiger partial charge is 0.288 e. The fraction of sp³-hybridized carbons (Fsp3) is 0.214. The van der Waals surface area contributed by atoms with Crippen LogP contribution in [0.4, 0.5) is 4.39 Å². The number of hydrogen-bond acceptors (Lipinski definition) is 3. The molecule has 0 saturated heterocycles. The Morgan fingerprint density at radius 3 is 2.61 bits per heavy atom. The summed E-state index contributed by atoms with van der Waals surface area (Å²) in [6.45, 7) is 3.64. The van der Waals surface area contributed by atoms with Crippen molar-refractivity contribution in [2.24, 2.45) is 0 Å². The second-order valence-electron chi connectivity index (χ2n) is 4.01. The summed E-state index contributed by atoms with van der Waals surface area (Å²) in [5.74, 6) is -0.859. The highest BCUT2D eigenvalue weighted by molar-refractivity contribution is 6.09. The summed E-state index contributed by atoms with van der Waals surface area (Å²) >= 11 is 0. The maximum atomic E-state index is 13.6. The zero-order chi connectivity index (χ0) is 13.1. The van der Waals surface area contributed by atoms with Crippen LogP contribution in [-0.4, -0.2) is 16.0 Å². The van der Waals surface area contributed by atoms with Gasteiger partial charge in [-0.2, -0.15) is 10.2 Å². The number of ketones is 1. The van der Waals surface area contributed by atoms with E-state index in [9.17, 15) is 9.18 Å². The number of rotatable bonds is 3. The third-order valence-electron chi connectivity index (χ3n) is 2.69. The van der Waals surface area contributed by atoms with Gasteiger partial charge in [-0.25, -0.2) is 4.39 Å². The van der Waals surface area contributed by atoms with Gasteiger partial charge in [0.1, 0.15) is 5.82 Å². The molecule has 1 aromatic carbocycles. The number of carbonyl (C=O) groups excluding carboxylic acids is 1. The Kier molecular flexibility index (Phi) is 3.46. The van der Waals surface area contributed by atoms with Crippen molar-refractivity contribution in [1.29, 1.82) is 0 Å². The first kappa shape index (κ1) is 12.4. The van der Waals surface area contributed by atoms with E-state index < -0.39 is 5.82 Å². The maximum Gasteiger partial charge on any atom is 0.197 e. The summed E-state index contributed by atoms with van der Waals surface area (Å²) < 4.78 is 13.6. The average Bonchev–Trinajstić information content (AvgIpc) is 2.38. The molecule has 0 bridgehead atoms. The number of carbonyl (C=O) groups is 1. The van der Waals surface area contributed by atoms with E-state index in [1.165, 1.54) is 12.1 Å². The fourth-order valence-electron chi connectivity index (χ4n) is 1.76. The van der Waals surface area contributed by atoms with Gasteiger partial charge in [0.05, 0.1) is 17.0 Å². The molecule has 92 valence electrons. The minimum atomic E-state index is -0.515. The summed E-state index contributed by atoms with van der Waals surface area (Å²) in [6.07, 6.45) is 0.586. The Morgan fingerprint density at radius 2 is 1.94 bits per heavy atom. The lowest BCUT2D eigenvalue weighted by Crippen LogP contribution is -2.10. The van der Waals surface area contributed by atoms with Crippen molar-refractivity contribution in [3.63, 3.8) is 0 Å². The van der Waals surface area contributed by atoms with Crippen LogP contribution in [0, 0.1) is 12.7 Å². The van der Waals surface area contributed by atoms with Crippen LogP contribution in [0.5, 0.6) is 0 Å². The second-order valence-corrected chi connectivity index (χ2v) is 4.01. The summed E-state index contributed by atoms with van der Waals surface area (Å²) in [4.78, 5) is 12.3. The molecule has 1 heterocycles. The number of aromatic nitrogens is 2. The van der Waals surface area contributed by atoms with Gasteiger partial charge in [-0.05, 0) is 31.5 Å².